The molecule has 5 rings (SSSR count). The number of aromatic nitrogens is 3. The summed E-state index contributed by atoms with van der Waals surface area (Å²) in [6.45, 7) is 0.0956. The highest BCUT2D eigenvalue weighted by molar-refractivity contribution is 5.97. The molecule has 0 radical (unpaired) electrons. The third-order valence-electron chi connectivity index (χ3n) is 5.85. The van der Waals surface area contributed by atoms with E-state index in [0.29, 0.717) is 22.6 Å². The van der Waals surface area contributed by atoms with Crippen molar-refractivity contribution in [3.05, 3.63) is 90.2 Å². The molecular formula is C26H20F3N5O2. The third kappa shape index (κ3) is 4.83. The predicted octanol–water partition coefficient (Wildman–Crippen LogP) is 3.90. The lowest BCUT2D eigenvalue weighted by molar-refractivity contribution is -0.137. The summed E-state index contributed by atoms with van der Waals surface area (Å²) in [7, 11) is 0. The van der Waals surface area contributed by atoms with E-state index in [4.69, 9.17) is 0 Å². The maximum absolute atomic E-state index is 13.6. The van der Waals surface area contributed by atoms with E-state index in [9.17, 15) is 22.8 Å². The van der Waals surface area contributed by atoms with Gasteiger partial charge in [0.05, 0.1) is 0 Å². The van der Waals surface area contributed by atoms with Crippen LogP contribution in [0.15, 0.2) is 72.8 Å². The minimum Gasteiger partial charge on any atom is -0.330 e. The Labute approximate surface area is 204 Å². The molecule has 1 aliphatic rings. The van der Waals surface area contributed by atoms with E-state index in [0.717, 1.165) is 0 Å². The first-order chi connectivity index (χ1) is 17.4. The average Bonchev–Trinajstić information content (AvgIpc) is 3.28. The number of hydrogen-bond acceptors (Lipinski definition) is 4. The van der Waals surface area contributed by atoms with Gasteiger partial charge in [-0.25, -0.2) is 22.8 Å². The molecule has 2 heterocycles. The van der Waals surface area contributed by atoms with Crippen molar-refractivity contribution in [2.45, 2.75) is 6.54 Å². The summed E-state index contributed by atoms with van der Waals surface area (Å²) in [6.07, 6.45) is 0. The zero-order chi connectivity index (χ0) is 25.2. The van der Waals surface area contributed by atoms with Gasteiger partial charge in [0.1, 0.15) is 30.5 Å². The number of halogens is 3. The number of benzene rings is 3. The summed E-state index contributed by atoms with van der Waals surface area (Å²) in [5.41, 5.74) is 1.52. The van der Waals surface area contributed by atoms with Gasteiger partial charge >= 0.3 is 0 Å². The van der Waals surface area contributed by atoms with Crippen LogP contribution in [0.1, 0.15) is 0 Å². The first-order valence-electron chi connectivity index (χ1n) is 11.2. The van der Waals surface area contributed by atoms with Gasteiger partial charge in [-0.3, -0.25) is 9.59 Å². The molecular weight excluding hydrogens is 471 g/mol. The number of hydrogen-bond donors (Lipinski definition) is 0. The van der Waals surface area contributed by atoms with E-state index in [-0.39, 0.29) is 43.8 Å². The van der Waals surface area contributed by atoms with Gasteiger partial charge in [-0.15, -0.1) is 5.10 Å². The fourth-order valence-electron chi connectivity index (χ4n) is 4.02. The number of nitrogens with zero attached hydrogens (tertiary/aromatic N) is 5. The maximum atomic E-state index is 13.6. The van der Waals surface area contributed by atoms with Crippen molar-refractivity contribution in [1.29, 1.82) is 0 Å². The summed E-state index contributed by atoms with van der Waals surface area (Å²) < 4.78 is 41.8. The summed E-state index contributed by atoms with van der Waals surface area (Å²) in [6, 6.07) is 16.9. The van der Waals surface area contributed by atoms with Gasteiger partial charge in [-0.2, -0.15) is 0 Å². The normalized spacial score (nSPS) is 13.8. The molecule has 7 nitrogen and oxygen atoms in total. The first kappa shape index (κ1) is 23.3. The second kappa shape index (κ2) is 9.65. The van der Waals surface area contributed by atoms with Crippen LogP contribution in [0.25, 0.3) is 22.8 Å². The fourth-order valence-corrected chi connectivity index (χ4v) is 4.02. The molecule has 0 atom stereocenters. The van der Waals surface area contributed by atoms with Gasteiger partial charge in [0.25, 0.3) is 0 Å². The van der Waals surface area contributed by atoms with Crippen LogP contribution in [-0.2, 0) is 16.1 Å². The molecule has 4 aromatic rings. The number of amides is 2. The Hall–Kier alpha value is -4.47. The van der Waals surface area contributed by atoms with Crippen LogP contribution in [0.5, 0.6) is 0 Å². The van der Waals surface area contributed by atoms with Crippen LogP contribution in [0, 0.1) is 17.5 Å². The van der Waals surface area contributed by atoms with Crippen molar-refractivity contribution in [2.75, 3.05) is 24.5 Å². The highest BCUT2D eigenvalue weighted by Crippen LogP contribution is 2.24. The Morgan fingerprint density at radius 3 is 2.14 bits per heavy atom. The van der Waals surface area contributed by atoms with Crippen LogP contribution >= 0.6 is 0 Å². The quantitative estimate of drug-likeness (QED) is 0.425. The Bertz CT molecular complexity index is 1420. The molecule has 0 bridgehead atoms. The van der Waals surface area contributed by atoms with Crippen molar-refractivity contribution < 1.29 is 22.8 Å². The van der Waals surface area contributed by atoms with Crippen LogP contribution in [0.3, 0.4) is 0 Å². The van der Waals surface area contributed by atoms with Gasteiger partial charge in [0, 0.05) is 29.9 Å². The summed E-state index contributed by atoms with van der Waals surface area (Å²) in [4.78, 5) is 33.2. The molecule has 3 aromatic carbocycles. The van der Waals surface area contributed by atoms with Crippen molar-refractivity contribution in [2.24, 2.45) is 0 Å². The van der Waals surface area contributed by atoms with Crippen LogP contribution < -0.4 is 4.90 Å². The number of anilines is 1. The van der Waals surface area contributed by atoms with Gasteiger partial charge in [-0.05, 0) is 66.7 Å². The number of carbonyl (C=O) groups is 2. The summed E-state index contributed by atoms with van der Waals surface area (Å²) in [5.74, 6) is -1.37. The molecule has 0 spiro atoms. The van der Waals surface area contributed by atoms with Crippen molar-refractivity contribution in [1.82, 2.24) is 19.7 Å². The Balaban J connectivity index is 1.38. The lowest BCUT2D eigenvalue weighted by atomic mass is 10.2. The van der Waals surface area contributed by atoms with E-state index in [1.54, 1.807) is 6.07 Å². The SMILES string of the molecule is O=C(Cn1nc(-c2ccc(F)cc2)nc1-c1ccc(F)cc1)N1CCN(c2cccc(F)c2)C(=O)C1. The molecule has 1 saturated heterocycles. The van der Waals surface area contributed by atoms with Crippen LogP contribution in [0.4, 0.5) is 18.9 Å². The van der Waals surface area contributed by atoms with Crippen LogP contribution in [0.2, 0.25) is 0 Å². The van der Waals surface area contributed by atoms with E-state index in [1.165, 1.54) is 81.2 Å². The Morgan fingerprint density at radius 1 is 0.833 bits per heavy atom. The molecule has 2 amide bonds. The Kier molecular flexibility index (Phi) is 6.24. The number of rotatable bonds is 5. The zero-order valence-corrected chi connectivity index (χ0v) is 18.9. The van der Waals surface area contributed by atoms with Crippen molar-refractivity contribution >= 4 is 17.5 Å². The lowest BCUT2D eigenvalue weighted by Crippen LogP contribution is -2.53. The highest BCUT2D eigenvalue weighted by atomic mass is 19.1. The minimum atomic E-state index is -0.449. The van der Waals surface area contributed by atoms with Crippen LogP contribution in [-0.4, -0.2) is 51.1 Å². The smallest absolute Gasteiger partial charge is 0.246 e. The summed E-state index contributed by atoms with van der Waals surface area (Å²) in [5, 5.41) is 4.44. The fraction of sp³-hybridized carbons (Fsp3) is 0.154. The average molecular weight is 491 g/mol. The van der Waals surface area contributed by atoms with Gasteiger partial charge in [0.15, 0.2) is 11.6 Å². The third-order valence-corrected chi connectivity index (χ3v) is 5.85. The van der Waals surface area contributed by atoms with Crippen molar-refractivity contribution in [3.8, 4) is 22.8 Å². The van der Waals surface area contributed by atoms with Gasteiger partial charge in [0.2, 0.25) is 11.8 Å². The van der Waals surface area contributed by atoms with Gasteiger partial charge in [-0.1, -0.05) is 6.07 Å². The zero-order valence-electron chi connectivity index (χ0n) is 18.9. The molecule has 10 heteroatoms. The van der Waals surface area contributed by atoms with Crippen molar-refractivity contribution in [3.63, 3.8) is 0 Å². The molecule has 0 aliphatic carbocycles. The highest BCUT2D eigenvalue weighted by Gasteiger charge is 2.29. The molecule has 0 saturated carbocycles. The van der Waals surface area contributed by atoms with E-state index < -0.39 is 17.5 Å². The maximum Gasteiger partial charge on any atom is 0.246 e. The van der Waals surface area contributed by atoms with E-state index >= 15 is 0 Å². The minimum absolute atomic E-state index is 0.166. The molecule has 1 aliphatic heterocycles. The topological polar surface area (TPSA) is 71.3 Å². The number of piperazine rings is 1. The molecule has 1 aromatic heterocycles. The summed E-state index contributed by atoms with van der Waals surface area (Å²) >= 11 is 0. The predicted molar refractivity (Wildman–Crippen MR) is 126 cm³/mol. The molecule has 0 N–H and O–H groups in total. The lowest BCUT2D eigenvalue weighted by Gasteiger charge is -2.34. The molecule has 0 unspecified atom stereocenters. The number of carbonyl (C=O) groups excluding carboxylic acids is 2. The molecule has 1 fully saturated rings. The monoisotopic (exact) mass is 491 g/mol. The Morgan fingerprint density at radius 2 is 1.50 bits per heavy atom. The largest absolute Gasteiger partial charge is 0.330 e. The molecule has 36 heavy (non-hydrogen) atoms. The van der Waals surface area contributed by atoms with E-state index in [1.807, 2.05) is 0 Å². The second-order valence-electron chi connectivity index (χ2n) is 8.27. The standard InChI is InChI=1S/C26H20F3N5O2/c27-19-8-4-17(5-9-19)25-30-26(18-6-10-20(28)11-7-18)34(31-25)16-23(35)32-12-13-33(24(36)15-32)22-3-1-2-21(29)14-22/h1-11,14H,12-13,15-16H2. The second-order valence-corrected chi connectivity index (χ2v) is 8.27. The first-order valence-corrected chi connectivity index (χ1v) is 11.2. The molecule has 182 valence electrons. The van der Waals surface area contributed by atoms with E-state index in [2.05, 4.69) is 10.1 Å². The van der Waals surface area contributed by atoms with Gasteiger partial charge < -0.3 is 9.80 Å².